The average Bonchev–Trinajstić information content (AvgIpc) is 2.41. The molecule has 2 unspecified atom stereocenters. The monoisotopic (exact) mass is 275 g/mol. The highest BCUT2D eigenvalue weighted by molar-refractivity contribution is 5.38. The lowest BCUT2D eigenvalue weighted by Crippen LogP contribution is -2.40. The van der Waals surface area contributed by atoms with Crippen molar-refractivity contribution in [2.24, 2.45) is 5.92 Å². The highest BCUT2D eigenvalue weighted by Gasteiger charge is 2.32. The van der Waals surface area contributed by atoms with Crippen molar-refractivity contribution in [3.8, 4) is 0 Å². The van der Waals surface area contributed by atoms with Gasteiger partial charge in [-0.15, -0.1) is 0 Å². The fraction of sp³-hybridized carbons (Fsp3) is 0.667. The van der Waals surface area contributed by atoms with E-state index in [4.69, 9.17) is 0 Å². The Morgan fingerprint density at radius 2 is 2.00 bits per heavy atom. The van der Waals surface area contributed by atoms with Crippen molar-refractivity contribution in [3.63, 3.8) is 0 Å². The summed E-state index contributed by atoms with van der Waals surface area (Å²) in [7, 11) is 0. The molecule has 0 aliphatic heterocycles. The molecule has 1 aromatic rings. The van der Waals surface area contributed by atoms with E-state index in [1.165, 1.54) is 17.5 Å². The van der Waals surface area contributed by atoms with Gasteiger partial charge in [0, 0.05) is 12.1 Å². The summed E-state index contributed by atoms with van der Waals surface area (Å²) in [6, 6.07) is 9.37. The molecule has 0 heterocycles. The molecule has 0 radical (unpaired) electrons. The minimum atomic E-state index is 0.203. The van der Waals surface area contributed by atoms with E-state index in [0.717, 1.165) is 12.8 Å². The number of rotatable bonds is 5. The quantitative estimate of drug-likeness (QED) is 0.857. The first-order valence-corrected chi connectivity index (χ1v) is 7.90. The normalized spacial score (nSPS) is 22.6. The molecule has 2 atom stereocenters. The maximum absolute atomic E-state index is 9.59. The molecular weight excluding hydrogens is 246 g/mol. The molecule has 0 amide bonds. The predicted molar refractivity (Wildman–Crippen MR) is 84.9 cm³/mol. The number of benzene rings is 1. The summed E-state index contributed by atoms with van der Waals surface area (Å²) in [5.74, 6) is 0.606. The van der Waals surface area contributed by atoms with Gasteiger partial charge in [-0.05, 0) is 41.7 Å². The van der Waals surface area contributed by atoms with Gasteiger partial charge >= 0.3 is 0 Å². The van der Waals surface area contributed by atoms with Crippen LogP contribution in [-0.4, -0.2) is 17.8 Å². The van der Waals surface area contributed by atoms with Crippen molar-refractivity contribution in [2.75, 3.05) is 6.61 Å². The van der Waals surface area contributed by atoms with Crippen molar-refractivity contribution < 1.29 is 5.11 Å². The van der Waals surface area contributed by atoms with Gasteiger partial charge in [0.15, 0.2) is 0 Å². The highest BCUT2D eigenvalue weighted by Crippen LogP contribution is 2.41. The van der Waals surface area contributed by atoms with Crippen molar-refractivity contribution >= 4 is 0 Å². The Morgan fingerprint density at radius 1 is 1.30 bits per heavy atom. The van der Waals surface area contributed by atoms with Gasteiger partial charge in [-0.1, -0.05) is 52.0 Å². The Hall–Kier alpha value is -0.860. The standard InChI is InChI=1S/C18H29NO/c1-13(2)11-14(12-20)19-17-9-10-18(3,4)16-8-6-5-7-15(16)17/h5-8,13-14,17,19-20H,9-12H2,1-4H3. The third-order valence-electron chi connectivity index (χ3n) is 4.54. The van der Waals surface area contributed by atoms with E-state index in [2.05, 4.69) is 57.3 Å². The lowest BCUT2D eigenvalue weighted by molar-refractivity contribution is 0.204. The molecule has 0 saturated carbocycles. The minimum absolute atomic E-state index is 0.203. The van der Waals surface area contributed by atoms with Crippen LogP contribution in [0.15, 0.2) is 24.3 Å². The molecule has 2 nitrogen and oxygen atoms in total. The van der Waals surface area contributed by atoms with E-state index >= 15 is 0 Å². The second-order valence-corrected chi connectivity index (χ2v) is 7.24. The Bertz CT molecular complexity index is 439. The van der Waals surface area contributed by atoms with Crippen LogP contribution >= 0.6 is 0 Å². The van der Waals surface area contributed by atoms with Gasteiger partial charge in [0.05, 0.1) is 6.61 Å². The van der Waals surface area contributed by atoms with E-state index in [9.17, 15) is 5.11 Å². The minimum Gasteiger partial charge on any atom is -0.395 e. The smallest absolute Gasteiger partial charge is 0.0584 e. The third-order valence-corrected chi connectivity index (χ3v) is 4.54. The van der Waals surface area contributed by atoms with Gasteiger partial charge in [0.1, 0.15) is 0 Å². The molecule has 0 saturated heterocycles. The molecule has 20 heavy (non-hydrogen) atoms. The zero-order valence-corrected chi connectivity index (χ0v) is 13.3. The number of hydrogen-bond donors (Lipinski definition) is 2. The zero-order valence-electron chi connectivity index (χ0n) is 13.3. The van der Waals surface area contributed by atoms with Crippen LogP contribution in [-0.2, 0) is 5.41 Å². The van der Waals surface area contributed by atoms with Crippen LogP contribution in [0.5, 0.6) is 0 Å². The van der Waals surface area contributed by atoms with Crippen LogP contribution in [0.4, 0.5) is 0 Å². The van der Waals surface area contributed by atoms with Crippen LogP contribution in [0.25, 0.3) is 0 Å². The van der Waals surface area contributed by atoms with Crippen LogP contribution in [0.1, 0.15) is 64.1 Å². The average molecular weight is 275 g/mol. The maximum atomic E-state index is 9.59. The Morgan fingerprint density at radius 3 is 2.65 bits per heavy atom. The first-order chi connectivity index (χ1) is 9.44. The lowest BCUT2D eigenvalue weighted by Gasteiger charge is -2.39. The molecule has 0 spiro atoms. The highest BCUT2D eigenvalue weighted by atomic mass is 16.3. The summed E-state index contributed by atoms with van der Waals surface area (Å²) >= 11 is 0. The molecule has 0 fully saturated rings. The molecular formula is C18H29NO. The van der Waals surface area contributed by atoms with E-state index in [1.807, 2.05) is 0 Å². The number of nitrogens with one attached hydrogen (secondary N) is 1. The van der Waals surface area contributed by atoms with Crippen LogP contribution < -0.4 is 5.32 Å². The maximum Gasteiger partial charge on any atom is 0.0584 e. The fourth-order valence-corrected chi connectivity index (χ4v) is 3.43. The Labute approximate surface area is 123 Å². The van der Waals surface area contributed by atoms with Crippen LogP contribution in [0.2, 0.25) is 0 Å². The first kappa shape index (κ1) is 15.5. The summed E-state index contributed by atoms with van der Waals surface area (Å²) in [4.78, 5) is 0. The van der Waals surface area contributed by atoms with Crippen molar-refractivity contribution in [1.29, 1.82) is 0 Å². The molecule has 1 aliphatic carbocycles. The first-order valence-electron chi connectivity index (χ1n) is 7.90. The summed E-state index contributed by atoms with van der Waals surface area (Å²) in [6.45, 7) is 9.31. The molecule has 1 aliphatic rings. The summed E-state index contributed by atoms with van der Waals surface area (Å²) in [6.07, 6.45) is 3.37. The van der Waals surface area contributed by atoms with Crippen molar-refractivity contribution in [2.45, 2.75) is 64.5 Å². The van der Waals surface area contributed by atoms with Gasteiger partial charge in [-0.3, -0.25) is 0 Å². The van der Waals surface area contributed by atoms with Crippen LogP contribution in [0.3, 0.4) is 0 Å². The lowest BCUT2D eigenvalue weighted by atomic mass is 9.71. The second-order valence-electron chi connectivity index (χ2n) is 7.24. The Kier molecular flexibility index (Phi) is 4.87. The van der Waals surface area contributed by atoms with Crippen molar-refractivity contribution in [3.05, 3.63) is 35.4 Å². The summed E-state index contributed by atoms with van der Waals surface area (Å²) < 4.78 is 0. The molecule has 0 aromatic heterocycles. The Balaban J connectivity index is 2.18. The van der Waals surface area contributed by atoms with Gasteiger partial charge in [-0.25, -0.2) is 0 Å². The SMILES string of the molecule is CC(C)CC(CO)NC1CCC(C)(C)c2ccccc21. The molecule has 2 heteroatoms. The fourth-order valence-electron chi connectivity index (χ4n) is 3.43. The molecule has 1 aromatic carbocycles. The largest absolute Gasteiger partial charge is 0.395 e. The van der Waals surface area contributed by atoms with Gasteiger partial charge in [-0.2, -0.15) is 0 Å². The molecule has 112 valence electrons. The van der Waals surface area contributed by atoms with Crippen molar-refractivity contribution in [1.82, 2.24) is 5.32 Å². The molecule has 2 rings (SSSR count). The number of aliphatic hydroxyl groups is 1. The van der Waals surface area contributed by atoms with E-state index < -0.39 is 0 Å². The summed E-state index contributed by atoms with van der Waals surface area (Å²) in [5.41, 5.74) is 3.15. The third kappa shape index (κ3) is 3.42. The van der Waals surface area contributed by atoms with Gasteiger partial charge < -0.3 is 10.4 Å². The molecule has 2 N–H and O–H groups in total. The zero-order chi connectivity index (χ0) is 14.8. The van der Waals surface area contributed by atoms with Gasteiger partial charge in [0.2, 0.25) is 0 Å². The van der Waals surface area contributed by atoms with E-state index in [1.54, 1.807) is 0 Å². The number of aliphatic hydroxyl groups excluding tert-OH is 1. The number of fused-ring (bicyclic) bond motifs is 1. The van der Waals surface area contributed by atoms with Crippen LogP contribution in [0, 0.1) is 5.92 Å². The van der Waals surface area contributed by atoms with E-state index in [-0.39, 0.29) is 18.1 Å². The van der Waals surface area contributed by atoms with E-state index in [0.29, 0.717) is 12.0 Å². The van der Waals surface area contributed by atoms with Gasteiger partial charge in [0.25, 0.3) is 0 Å². The molecule has 0 bridgehead atoms. The summed E-state index contributed by atoms with van der Waals surface area (Å²) in [5, 5.41) is 13.3. The number of hydrogen-bond acceptors (Lipinski definition) is 2. The topological polar surface area (TPSA) is 32.3 Å². The second kappa shape index (κ2) is 6.28. The predicted octanol–water partition coefficient (Wildman–Crippen LogP) is 3.80.